The molecule has 2 aromatic rings. The number of sulfone groups is 1. The number of benzene rings is 1. The number of imidazole rings is 1. The van der Waals surface area contributed by atoms with Gasteiger partial charge in [0.05, 0.1) is 12.3 Å². The third-order valence-electron chi connectivity index (χ3n) is 3.44. The molecule has 0 saturated carbocycles. The van der Waals surface area contributed by atoms with Crippen LogP contribution in [0.15, 0.2) is 42.7 Å². The van der Waals surface area contributed by atoms with E-state index in [0.717, 1.165) is 11.5 Å². The Morgan fingerprint density at radius 3 is 2.57 bits per heavy atom. The lowest BCUT2D eigenvalue weighted by Gasteiger charge is -2.24. The van der Waals surface area contributed by atoms with Gasteiger partial charge in [0.2, 0.25) is 0 Å². The minimum absolute atomic E-state index is 0.0547. The summed E-state index contributed by atoms with van der Waals surface area (Å²) in [5, 5.41) is 0. The van der Waals surface area contributed by atoms with E-state index in [4.69, 9.17) is 0 Å². The number of para-hydroxylation sites is 1. The number of aromatic nitrogens is 2. The lowest BCUT2D eigenvalue weighted by Crippen LogP contribution is -2.35. The van der Waals surface area contributed by atoms with Gasteiger partial charge in [0.1, 0.15) is 15.7 Å². The second kappa shape index (κ2) is 6.41. The molecular weight excluding hydrogens is 286 g/mol. The van der Waals surface area contributed by atoms with Gasteiger partial charge in [0.15, 0.2) is 0 Å². The summed E-state index contributed by atoms with van der Waals surface area (Å²) in [5.41, 5.74) is 1.05. The Kier molecular flexibility index (Phi) is 4.80. The quantitative estimate of drug-likeness (QED) is 0.815. The molecule has 1 atom stereocenters. The Labute approximate surface area is 126 Å². The fourth-order valence-electron chi connectivity index (χ4n) is 2.22. The summed E-state index contributed by atoms with van der Waals surface area (Å²) < 4.78 is 24.8. The van der Waals surface area contributed by atoms with Crippen molar-refractivity contribution in [3.8, 4) is 5.69 Å². The predicted molar refractivity (Wildman–Crippen MR) is 84.2 cm³/mol. The van der Waals surface area contributed by atoms with Crippen LogP contribution in [0.4, 0.5) is 0 Å². The van der Waals surface area contributed by atoms with Gasteiger partial charge in [-0.2, -0.15) is 0 Å². The summed E-state index contributed by atoms with van der Waals surface area (Å²) in [6.07, 6.45) is 4.94. The van der Waals surface area contributed by atoms with Crippen LogP contribution in [0.1, 0.15) is 12.7 Å². The fourth-order valence-corrected chi connectivity index (χ4v) is 3.35. The molecule has 0 bridgehead atoms. The van der Waals surface area contributed by atoms with E-state index >= 15 is 0 Å². The first-order valence-electron chi connectivity index (χ1n) is 6.82. The molecule has 0 amide bonds. The Morgan fingerprint density at radius 1 is 1.29 bits per heavy atom. The van der Waals surface area contributed by atoms with Crippen molar-refractivity contribution >= 4 is 9.84 Å². The van der Waals surface area contributed by atoms with Gasteiger partial charge < -0.3 is 4.57 Å². The highest BCUT2D eigenvalue weighted by Gasteiger charge is 2.17. The van der Waals surface area contributed by atoms with Gasteiger partial charge in [-0.3, -0.25) is 4.90 Å². The van der Waals surface area contributed by atoms with Crippen molar-refractivity contribution in [1.29, 1.82) is 0 Å². The van der Waals surface area contributed by atoms with Crippen molar-refractivity contribution in [2.24, 2.45) is 0 Å². The highest BCUT2D eigenvalue weighted by Crippen LogP contribution is 2.12. The normalized spacial score (nSPS) is 13.5. The Bertz CT molecular complexity index is 680. The smallest absolute Gasteiger partial charge is 0.148 e. The molecule has 6 heteroatoms. The largest absolute Gasteiger partial charge is 0.303 e. The standard InChI is InChI=1S/C15H21N3O2S/c1-13(12-21(3,19)20)17(2)11-15-16-9-10-18(15)14-7-5-4-6-8-14/h4-10,13H,11-12H2,1-3H3. The predicted octanol–water partition coefficient (Wildman–Crippen LogP) is 1.74. The van der Waals surface area contributed by atoms with Gasteiger partial charge in [-0.25, -0.2) is 13.4 Å². The third-order valence-corrected chi connectivity index (χ3v) is 4.53. The van der Waals surface area contributed by atoms with E-state index in [2.05, 4.69) is 4.98 Å². The van der Waals surface area contributed by atoms with Crippen LogP contribution < -0.4 is 0 Å². The summed E-state index contributed by atoms with van der Waals surface area (Å²) in [6.45, 7) is 2.51. The van der Waals surface area contributed by atoms with Crippen molar-refractivity contribution in [3.63, 3.8) is 0 Å². The minimum atomic E-state index is -2.98. The lowest BCUT2D eigenvalue weighted by molar-refractivity contribution is 0.259. The van der Waals surface area contributed by atoms with E-state index in [-0.39, 0.29) is 11.8 Å². The second-order valence-corrected chi connectivity index (χ2v) is 7.59. The molecule has 21 heavy (non-hydrogen) atoms. The van der Waals surface area contributed by atoms with E-state index in [9.17, 15) is 8.42 Å². The Hall–Kier alpha value is -1.66. The molecule has 0 saturated heterocycles. The van der Waals surface area contributed by atoms with E-state index in [0.29, 0.717) is 6.54 Å². The van der Waals surface area contributed by atoms with Crippen LogP contribution in [0.25, 0.3) is 5.69 Å². The van der Waals surface area contributed by atoms with Crippen LogP contribution >= 0.6 is 0 Å². The van der Waals surface area contributed by atoms with E-state index in [1.807, 2.05) is 60.0 Å². The van der Waals surface area contributed by atoms with Crippen molar-refractivity contribution in [2.75, 3.05) is 19.1 Å². The molecular formula is C15H21N3O2S. The van der Waals surface area contributed by atoms with Crippen LogP contribution in [0, 0.1) is 0 Å². The van der Waals surface area contributed by atoms with Crippen molar-refractivity contribution < 1.29 is 8.42 Å². The topological polar surface area (TPSA) is 55.2 Å². The zero-order valence-electron chi connectivity index (χ0n) is 12.6. The van der Waals surface area contributed by atoms with Crippen LogP contribution in [0.5, 0.6) is 0 Å². The minimum Gasteiger partial charge on any atom is -0.303 e. The van der Waals surface area contributed by atoms with Gasteiger partial charge in [-0.05, 0) is 26.1 Å². The Balaban J connectivity index is 2.12. The lowest BCUT2D eigenvalue weighted by atomic mass is 10.3. The summed E-state index contributed by atoms with van der Waals surface area (Å²) >= 11 is 0. The molecule has 0 N–H and O–H groups in total. The highest BCUT2D eigenvalue weighted by molar-refractivity contribution is 7.90. The summed E-state index contributed by atoms with van der Waals surface area (Å²) in [6, 6.07) is 9.92. The molecule has 0 aliphatic rings. The monoisotopic (exact) mass is 307 g/mol. The first kappa shape index (κ1) is 15.7. The van der Waals surface area contributed by atoms with E-state index in [1.54, 1.807) is 6.20 Å². The maximum absolute atomic E-state index is 11.4. The third kappa shape index (κ3) is 4.41. The first-order chi connectivity index (χ1) is 9.87. The SMILES string of the molecule is CC(CS(C)(=O)=O)N(C)Cc1nccn1-c1ccccc1. The van der Waals surface area contributed by atoms with Crippen LogP contribution in [0.2, 0.25) is 0 Å². The van der Waals surface area contributed by atoms with Gasteiger partial charge in [-0.15, -0.1) is 0 Å². The summed E-state index contributed by atoms with van der Waals surface area (Å²) in [4.78, 5) is 6.39. The van der Waals surface area contributed by atoms with Crippen LogP contribution in [0.3, 0.4) is 0 Å². The van der Waals surface area contributed by atoms with Crippen LogP contribution in [-0.2, 0) is 16.4 Å². The van der Waals surface area contributed by atoms with Gasteiger partial charge >= 0.3 is 0 Å². The van der Waals surface area contributed by atoms with Crippen molar-refractivity contribution in [2.45, 2.75) is 19.5 Å². The molecule has 0 aliphatic heterocycles. The molecule has 0 aliphatic carbocycles. The second-order valence-electron chi connectivity index (χ2n) is 5.41. The number of rotatable bonds is 6. The molecule has 1 heterocycles. The number of hydrogen-bond acceptors (Lipinski definition) is 4. The van der Waals surface area contributed by atoms with Crippen molar-refractivity contribution in [1.82, 2.24) is 14.5 Å². The molecule has 114 valence electrons. The van der Waals surface area contributed by atoms with Crippen molar-refractivity contribution in [3.05, 3.63) is 48.5 Å². The molecule has 0 radical (unpaired) electrons. The molecule has 2 rings (SSSR count). The molecule has 0 fully saturated rings. The number of hydrogen-bond donors (Lipinski definition) is 0. The summed E-state index contributed by atoms with van der Waals surface area (Å²) in [5.74, 6) is 1.04. The summed E-state index contributed by atoms with van der Waals surface area (Å²) in [7, 11) is -1.06. The first-order valence-corrected chi connectivity index (χ1v) is 8.88. The van der Waals surface area contributed by atoms with Crippen LogP contribution in [-0.4, -0.2) is 48.0 Å². The maximum Gasteiger partial charge on any atom is 0.148 e. The van der Waals surface area contributed by atoms with E-state index < -0.39 is 9.84 Å². The average Bonchev–Trinajstić information content (AvgIpc) is 2.86. The van der Waals surface area contributed by atoms with Gasteiger partial charge in [0.25, 0.3) is 0 Å². The van der Waals surface area contributed by atoms with Gasteiger partial charge in [0, 0.05) is 30.4 Å². The molecule has 1 unspecified atom stereocenters. The fraction of sp³-hybridized carbons (Fsp3) is 0.400. The molecule has 1 aromatic carbocycles. The molecule has 1 aromatic heterocycles. The average molecular weight is 307 g/mol. The zero-order valence-corrected chi connectivity index (χ0v) is 13.4. The van der Waals surface area contributed by atoms with E-state index in [1.165, 1.54) is 6.26 Å². The maximum atomic E-state index is 11.4. The highest BCUT2D eigenvalue weighted by atomic mass is 32.2. The zero-order chi connectivity index (χ0) is 15.5. The van der Waals surface area contributed by atoms with Gasteiger partial charge in [-0.1, -0.05) is 18.2 Å². The molecule has 5 nitrogen and oxygen atoms in total. The Morgan fingerprint density at radius 2 is 1.95 bits per heavy atom. The molecule has 0 spiro atoms. The number of nitrogens with zero attached hydrogens (tertiary/aromatic N) is 3.